The minimum atomic E-state index is -0.673. The highest BCUT2D eigenvalue weighted by Gasteiger charge is 2.43. The van der Waals surface area contributed by atoms with Crippen molar-refractivity contribution in [2.24, 2.45) is 0 Å². The van der Waals surface area contributed by atoms with Gasteiger partial charge in [0.1, 0.15) is 17.9 Å². The average Bonchev–Trinajstić information content (AvgIpc) is 2.95. The molecule has 2 heterocycles. The lowest BCUT2D eigenvalue weighted by Gasteiger charge is -2.35. The van der Waals surface area contributed by atoms with E-state index in [1.54, 1.807) is 29.0 Å². The molecule has 2 aliphatic heterocycles. The van der Waals surface area contributed by atoms with E-state index in [1.807, 2.05) is 12.1 Å². The number of carbonyl (C=O) groups is 3. The van der Waals surface area contributed by atoms with E-state index in [9.17, 15) is 14.4 Å². The molecule has 162 valence electrons. The lowest BCUT2D eigenvalue weighted by atomic mass is 9.93. The van der Waals surface area contributed by atoms with Crippen molar-refractivity contribution in [2.45, 2.75) is 63.0 Å². The van der Waals surface area contributed by atoms with E-state index in [4.69, 9.17) is 4.74 Å². The maximum absolute atomic E-state index is 13.3. The first-order valence-electron chi connectivity index (χ1n) is 11.1. The normalized spacial score (nSPS) is 25.4. The molecule has 1 spiro atoms. The second-order valence-electron chi connectivity index (χ2n) is 8.91. The zero-order valence-electron chi connectivity index (χ0n) is 17.7. The number of benzene rings is 1. The summed E-state index contributed by atoms with van der Waals surface area (Å²) in [7, 11) is 1.80. The van der Waals surface area contributed by atoms with Crippen LogP contribution in [0.1, 0.15) is 61.7 Å². The van der Waals surface area contributed by atoms with Gasteiger partial charge in [-0.15, -0.1) is 0 Å². The maximum atomic E-state index is 13.3. The van der Waals surface area contributed by atoms with Gasteiger partial charge in [-0.1, -0.05) is 31.4 Å². The number of nitrogens with one attached hydrogen (secondary N) is 1. The minimum Gasteiger partial charge on any atom is -0.485 e. The van der Waals surface area contributed by atoms with E-state index in [0.717, 1.165) is 25.7 Å². The highest BCUT2D eigenvalue weighted by atomic mass is 16.5. The average molecular weight is 414 g/mol. The van der Waals surface area contributed by atoms with E-state index in [-0.39, 0.29) is 30.3 Å². The Hall–Kier alpha value is -2.57. The van der Waals surface area contributed by atoms with Gasteiger partial charge in [0, 0.05) is 32.5 Å². The van der Waals surface area contributed by atoms with E-state index < -0.39 is 5.60 Å². The van der Waals surface area contributed by atoms with Crippen molar-refractivity contribution < 1.29 is 19.1 Å². The Morgan fingerprint density at radius 3 is 2.73 bits per heavy atom. The number of ether oxygens (including phenoxy) is 1. The lowest BCUT2D eigenvalue weighted by Crippen LogP contribution is -2.51. The largest absolute Gasteiger partial charge is 0.485 e. The number of likely N-dealkylation sites (tertiary alicyclic amines) is 1. The molecule has 7 heteroatoms. The molecule has 3 aliphatic rings. The molecule has 3 amide bonds. The van der Waals surface area contributed by atoms with Crippen molar-refractivity contribution in [1.82, 2.24) is 15.1 Å². The summed E-state index contributed by atoms with van der Waals surface area (Å²) < 4.78 is 6.42. The number of hydrogen-bond acceptors (Lipinski definition) is 4. The molecule has 0 radical (unpaired) electrons. The highest BCUT2D eigenvalue weighted by molar-refractivity contribution is 5.99. The van der Waals surface area contributed by atoms with Gasteiger partial charge in [-0.25, -0.2) is 0 Å². The fourth-order valence-electron chi connectivity index (χ4n) is 4.82. The molecule has 1 saturated carbocycles. The van der Waals surface area contributed by atoms with Crippen LogP contribution < -0.4 is 10.1 Å². The van der Waals surface area contributed by atoms with Crippen LogP contribution in [0, 0.1) is 0 Å². The van der Waals surface area contributed by atoms with Crippen LogP contribution in [-0.4, -0.2) is 65.8 Å². The number of rotatable bonds is 3. The van der Waals surface area contributed by atoms with Gasteiger partial charge < -0.3 is 19.9 Å². The number of nitrogens with zero attached hydrogens (tertiary/aromatic N) is 2. The standard InChI is InChI=1S/C23H31N3O4/c1-25-14-13-23(12-11-21(25)28)16-26(15-20(27)24-17-7-3-2-4-8-17)22(29)18-9-5-6-10-19(18)30-23/h5-6,9-10,17H,2-4,7-8,11-16H2,1H3,(H,24,27). The Bertz CT molecular complexity index is 820. The Balaban J connectivity index is 1.56. The number of carbonyl (C=O) groups excluding carboxylic acids is 3. The second-order valence-corrected chi connectivity index (χ2v) is 8.91. The Morgan fingerprint density at radius 1 is 1.17 bits per heavy atom. The molecular formula is C23H31N3O4. The first-order valence-corrected chi connectivity index (χ1v) is 11.1. The summed E-state index contributed by atoms with van der Waals surface area (Å²) in [6.07, 6.45) is 7.03. The molecule has 1 N–H and O–H groups in total. The number of amides is 3. The Morgan fingerprint density at radius 2 is 1.93 bits per heavy atom. The summed E-state index contributed by atoms with van der Waals surface area (Å²) in [5.41, 5.74) is -0.197. The molecule has 1 saturated heterocycles. The Labute approximate surface area is 177 Å². The molecule has 2 fully saturated rings. The zero-order chi connectivity index (χ0) is 21.1. The van der Waals surface area contributed by atoms with Gasteiger partial charge in [-0.2, -0.15) is 0 Å². The monoisotopic (exact) mass is 413 g/mol. The van der Waals surface area contributed by atoms with Gasteiger partial charge in [0.2, 0.25) is 11.8 Å². The van der Waals surface area contributed by atoms with Crippen LogP contribution in [-0.2, 0) is 9.59 Å². The number of hydrogen-bond donors (Lipinski definition) is 1. The number of fused-ring (bicyclic) bond motifs is 1. The van der Waals surface area contributed by atoms with Crippen molar-refractivity contribution in [2.75, 3.05) is 26.7 Å². The quantitative estimate of drug-likeness (QED) is 0.825. The maximum Gasteiger partial charge on any atom is 0.258 e. The highest BCUT2D eigenvalue weighted by Crippen LogP contribution is 2.35. The van der Waals surface area contributed by atoms with Crippen LogP contribution in [0.2, 0.25) is 0 Å². The van der Waals surface area contributed by atoms with Crippen LogP contribution in [0.15, 0.2) is 24.3 Å². The molecule has 1 aliphatic carbocycles. The van der Waals surface area contributed by atoms with E-state index >= 15 is 0 Å². The topological polar surface area (TPSA) is 79.0 Å². The van der Waals surface area contributed by atoms with E-state index in [0.29, 0.717) is 43.7 Å². The van der Waals surface area contributed by atoms with Gasteiger partial charge >= 0.3 is 0 Å². The second kappa shape index (κ2) is 8.66. The molecular weight excluding hydrogens is 382 g/mol. The van der Waals surface area contributed by atoms with Crippen molar-refractivity contribution in [3.05, 3.63) is 29.8 Å². The minimum absolute atomic E-state index is 0.0125. The molecule has 0 bridgehead atoms. The lowest BCUT2D eigenvalue weighted by molar-refractivity contribution is -0.129. The first kappa shape index (κ1) is 20.7. The van der Waals surface area contributed by atoms with Crippen LogP contribution in [0.25, 0.3) is 0 Å². The first-order chi connectivity index (χ1) is 14.5. The molecule has 0 aromatic heterocycles. The predicted molar refractivity (Wildman–Crippen MR) is 112 cm³/mol. The Kier molecular flexibility index (Phi) is 5.97. The molecule has 30 heavy (non-hydrogen) atoms. The third-order valence-corrected chi connectivity index (χ3v) is 6.64. The summed E-state index contributed by atoms with van der Waals surface area (Å²) >= 11 is 0. The van der Waals surface area contributed by atoms with Crippen LogP contribution in [0.5, 0.6) is 5.75 Å². The third-order valence-electron chi connectivity index (χ3n) is 6.64. The SMILES string of the molecule is CN1CCC2(CCC1=O)CN(CC(=O)NC1CCCCC1)C(=O)c1ccccc1O2. The zero-order valence-corrected chi connectivity index (χ0v) is 17.7. The van der Waals surface area contributed by atoms with Crippen molar-refractivity contribution in [1.29, 1.82) is 0 Å². The van der Waals surface area contributed by atoms with Crippen LogP contribution in [0.3, 0.4) is 0 Å². The van der Waals surface area contributed by atoms with Gasteiger partial charge in [0.05, 0.1) is 12.1 Å². The predicted octanol–water partition coefficient (Wildman–Crippen LogP) is 2.35. The smallest absolute Gasteiger partial charge is 0.258 e. The third kappa shape index (κ3) is 4.45. The molecule has 1 aromatic carbocycles. The molecule has 1 aromatic rings. The fourth-order valence-corrected chi connectivity index (χ4v) is 4.82. The molecule has 1 atom stereocenters. The summed E-state index contributed by atoms with van der Waals surface area (Å²) in [5.74, 6) is 0.312. The summed E-state index contributed by atoms with van der Waals surface area (Å²) in [5, 5.41) is 3.11. The summed E-state index contributed by atoms with van der Waals surface area (Å²) in [6, 6.07) is 7.41. The van der Waals surface area contributed by atoms with Crippen LogP contribution in [0.4, 0.5) is 0 Å². The van der Waals surface area contributed by atoms with Gasteiger partial charge in [-0.05, 0) is 31.4 Å². The van der Waals surface area contributed by atoms with Crippen molar-refractivity contribution in [3.8, 4) is 5.75 Å². The van der Waals surface area contributed by atoms with Crippen molar-refractivity contribution in [3.63, 3.8) is 0 Å². The van der Waals surface area contributed by atoms with Gasteiger partial charge in [0.25, 0.3) is 5.91 Å². The number of para-hydroxylation sites is 1. The van der Waals surface area contributed by atoms with Crippen molar-refractivity contribution >= 4 is 17.7 Å². The summed E-state index contributed by atoms with van der Waals surface area (Å²) in [6.45, 7) is 0.885. The van der Waals surface area contributed by atoms with E-state index in [1.165, 1.54) is 6.42 Å². The van der Waals surface area contributed by atoms with E-state index in [2.05, 4.69) is 5.32 Å². The van der Waals surface area contributed by atoms with Gasteiger partial charge in [-0.3, -0.25) is 14.4 Å². The molecule has 4 rings (SSSR count). The van der Waals surface area contributed by atoms with Crippen LogP contribution >= 0.6 is 0 Å². The fraction of sp³-hybridized carbons (Fsp3) is 0.609. The van der Waals surface area contributed by atoms with Gasteiger partial charge in [0.15, 0.2) is 0 Å². The summed E-state index contributed by atoms with van der Waals surface area (Å²) in [4.78, 5) is 41.7. The molecule has 1 unspecified atom stereocenters. The molecule has 7 nitrogen and oxygen atoms in total.